The smallest absolute Gasteiger partial charge is 0.227 e. The molecule has 0 bridgehead atoms. The van der Waals surface area contributed by atoms with E-state index in [-0.39, 0.29) is 45.0 Å². The number of fused-ring (bicyclic) bond motifs is 7. The van der Waals surface area contributed by atoms with Gasteiger partial charge in [0, 0.05) is 6.54 Å². The molecule has 1 amide bonds. The lowest BCUT2D eigenvalue weighted by molar-refractivity contribution is -0.204. The van der Waals surface area contributed by atoms with Crippen LogP contribution in [-0.2, 0) is 11.3 Å². The molecule has 0 aliphatic heterocycles. The van der Waals surface area contributed by atoms with E-state index in [0.29, 0.717) is 35.8 Å². The fraction of sp³-hybridized carbons (Fsp3) is 0.737. The predicted molar refractivity (Wildman–Crippen MR) is 168 cm³/mol. The van der Waals surface area contributed by atoms with Gasteiger partial charge in [0.25, 0.3) is 0 Å². The molecule has 0 heterocycles. The molecule has 4 fully saturated rings. The second-order valence-electron chi connectivity index (χ2n) is 16.7. The molecule has 0 unspecified atom stereocenters. The number of hydrogen-bond acceptors (Lipinski definition) is 3. The van der Waals surface area contributed by atoms with E-state index in [2.05, 4.69) is 65.9 Å². The molecule has 0 aromatic heterocycles. The van der Waals surface area contributed by atoms with E-state index in [4.69, 9.17) is 5.26 Å². The number of nitriles is 1. The number of aliphatic hydroxyl groups is 1. The zero-order valence-electron chi connectivity index (χ0n) is 27.2. The Hall–Kier alpha value is -2.12. The van der Waals surface area contributed by atoms with Crippen LogP contribution in [0.5, 0.6) is 0 Å². The monoisotopic (exact) mass is 570 g/mol. The highest BCUT2D eigenvalue weighted by Crippen LogP contribution is 2.75. The zero-order chi connectivity index (χ0) is 30.3. The Morgan fingerprint density at radius 3 is 2.36 bits per heavy atom. The Morgan fingerprint density at radius 2 is 1.67 bits per heavy atom. The van der Waals surface area contributed by atoms with Crippen molar-refractivity contribution in [3.63, 3.8) is 0 Å². The molecule has 4 nitrogen and oxygen atoms in total. The molecular weight excluding hydrogens is 516 g/mol. The fourth-order valence-corrected chi connectivity index (χ4v) is 11.9. The first-order valence-corrected chi connectivity index (χ1v) is 16.9. The summed E-state index contributed by atoms with van der Waals surface area (Å²) in [6.45, 7) is 17.8. The number of hydrogen-bond donors (Lipinski definition) is 2. The number of rotatable bonds is 3. The molecule has 0 radical (unpaired) electrons. The molecular formula is C38H54N2O2. The number of amides is 1. The summed E-state index contributed by atoms with van der Waals surface area (Å²) in [4.78, 5) is 14.4. The Balaban J connectivity index is 1.35. The topological polar surface area (TPSA) is 73.1 Å². The molecule has 0 spiro atoms. The van der Waals surface area contributed by atoms with Gasteiger partial charge in [0.2, 0.25) is 5.91 Å². The highest BCUT2D eigenvalue weighted by Gasteiger charge is 2.69. The molecule has 4 saturated carbocycles. The standard InChI is InChI=1S/C38H54N2O2/c1-24-14-19-38(33(42)40-23-27-10-8-26(22-39)9-11-27)21-20-36(6)28(32(38)25(24)2)12-13-30-35(5)17-16-31(41)34(3,4)29(35)15-18-37(30,36)7/h8-12,24-25,29-32,41H,13-21,23H2,1-7H3,(H,40,42)/t24-,25+,29+,30-,31+,32+,35+,36-,37-,38+/m1/s1. The minimum absolute atomic E-state index is 0.0404. The summed E-state index contributed by atoms with van der Waals surface area (Å²) >= 11 is 0. The lowest BCUT2D eigenvalue weighted by atomic mass is 9.33. The Labute approximate surface area is 254 Å². The van der Waals surface area contributed by atoms with Gasteiger partial charge in [0.05, 0.1) is 23.2 Å². The van der Waals surface area contributed by atoms with Crippen molar-refractivity contribution in [3.8, 4) is 6.07 Å². The maximum Gasteiger partial charge on any atom is 0.227 e. The number of aliphatic hydroxyl groups excluding tert-OH is 1. The molecule has 42 heavy (non-hydrogen) atoms. The summed E-state index contributed by atoms with van der Waals surface area (Å²) in [5, 5.41) is 23.6. The van der Waals surface area contributed by atoms with Crippen LogP contribution in [-0.4, -0.2) is 17.1 Å². The number of nitrogens with one attached hydrogen (secondary N) is 1. The van der Waals surface area contributed by atoms with Crippen LogP contribution in [0.1, 0.15) is 117 Å². The molecule has 10 atom stereocenters. The SMILES string of the molecule is C[C@H]1[C@H](C)CC[C@]2(C(=O)NCc3ccc(C#N)cc3)CC[C@]3(C)C(=CC[C@@H]4[C@@]5(C)CC[C@H](O)C(C)(C)[C@@H]5CC[C@]43C)[C@H]12. The number of benzene rings is 1. The van der Waals surface area contributed by atoms with E-state index >= 15 is 0 Å². The molecule has 5 aliphatic rings. The average Bonchev–Trinajstić information content (AvgIpc) is 2.96. The predicted octanol–water partition coefficient (Wildman–Crippen LogP) is 8.19. The maximum atomic E-state index is 14.4. The van der Waals surface area contributed by atoms with E-state index in [1.54, 1.807) is 5.57 Å². The van der Waals surface area contributed by atoms with Crippen molar-refractivity contribution in [3.05, 3.63) is 47.0 Å². The molecule has 228 valence electrons. The van der Waals surface area contributed by atoms with Gasteiger partial charge in [-0.15, -0.1) is 0 Å². The van der Waals surface area contributed by atoms with Crippen molar-refractivity contribution in [1.82, 2.24) is 5.32 Å². The van der Waals surface area contributed by atoms with Crippen LogP contribution in [0.2, 0.25) is 0 Å². The highest BCUT2D eigenvalue weighted by molar-refractivity contribution is 5.84. The first-order valence-electron chi connectivity index (χ1n) is 16.9. The summed E-state index contributed by atoms with van der Waals surface area (Å²) in [7, 11) is 0. The van der Waals surface area contributed by atoms with Crippen molar-refractivity contribution < 1.29 is 9.90 Å². The third-order valence-corrected chi connectivity index (χ3v) is 15.0. The van der Waals surface area contributed by atoms with Gasteiger partial charge < -0.3 is 10.4 Å². The molecule has 2 N–H and O–H groups in total. The third kappa shape index (κ3) is 3.97. The van der Waals surface area contributed by atoms with Gasteiger partial charge in [-0.25, -0.2) is 0 Å². The van der Waals surface area contributed by atoms with E-state index in [0.717, 1.165) is 50.5 Å². The number of allylic oxidation sites excluding steroid dienone is 2. The van der Waals surface area contributed by atoms with Crippen molar-refractivity contribution in [2.45, 2.75) is 119 Å². The van der Waals surface area contributed by atoms with E-state index < -0.39 is 0 Å². The fourth-order valence-electron chi connectivity index (χ4n) is 11.9. The largest absolute Gasteiger partial charge is 0.393 e. The highest BCUT2D eigenvalue weighted by atomic mass is 16.3. The maximum absolute atomic E-state index is 14.4. The molecule has 5 aliphatic carbocycles. The second-order valence-corrected chi connectivity index (χ2v) is 16.7. The lowest BCUT2D eigenvalue weighted by Crippen LogP contribution is -2.66. The molecule has 1 aromatic carbocycles. The van der Waals surface area contributed by atoms with Crippen molar-refractivity contribution >= 4 is 5.91 Å². The minimum Gasteiger partial charge on any atom is -0.393 e. The first-order chi connectivity index (χ1) is 19.7. The van der Waals surface area contributed by atoms with Gasteiger partial charge in [0.15, 0.2) is 0 Å². The normalized spacial score (nSPS) is 45.6. The van der Waals surface area contributed by atoms with Gasteiger partial charge >= 0.3 is 0 Å². The van der Waals surface area contributed by atoms with E-state index in [9.17, 15) is 9.90 Å². The van der Waals surface area contributed by atoms with Gasteiger partial charge in [0.1, 0.15) is 0 Å². The van der Waals surface area contributed by atoms with Crippen molar-refractivity contribution in [2.75, 3.05) is 0 Å². The summed E-state index contributed by atoms with van der Waals surface area (Å²) in [6.07, 6.45) is 12.2. The second kappa shape index (κ2) is 9.95. The van der Waals surface area contributed by atoms with Crippen LogP contribution in [0.4, 0.5) is 0 Å². The van der Waals surface area contributed by atoms with E-state index in [1.807, 2.05) is 24.3 Å². The van der Waals surface area contributed by atoms with Crippen molar-refractivity contribution in [2.24, 2.45) is 56.7 Å². The van der Waals surface area contributed by atoms with Crippen LogP contribution in [0.3, 0.4) is 0 Å². The van der Waals surface area contributed by atoms with E-state index in [1.165, 1.54) is 12.8 Å². The molecule has 0 saturated heterocycles. The van der Waals surface area contributed by atoms with Gasteiger partial charge in [-0.1, -0.05) is 72.2 Å². The summed E-state index contributed by atoms with van der Waals surface area (Å²) < 4.78 is 0. The summed E-state index contributed by atoms with van der Waals surface area (Å²) in [6, 6.07) is 9.79. The van der Waals surface area contributed by atoms with Crippen LogP contribution in [0.15, 0.2) is 35.9 Å². The Bertz CT molecular complexity index is 1310. The molecule has 6 rings (SSSR count). The number of nitrogens with zero attached hydrogens (tertiary/aromatic N) is 1. The van der Waals surface area contributed by atoms with Crippen LogP contribution >= 0.6 is 0 Å². The number of carbonyl (C=O) groups excluding carboxylic acids is 1. The van der Waals surface area contributed by atoms with Crippen LogP contribution in [0, 0.1) is 68.0 Å². The molecule has 1 aromatic rings. The zero-order valence-corrected chi connectivity index (χ0v) is 27.2. The third-order valence-electron chi connectivity index (χ3n) is 15.0. The average molecular weight is 571 g/mol. The molecule has 4 heteroatoms. The lowest BCUT2D eigenvalue weighted by Gasteiger charge is -2.71. The van der Waals surface area contributed by atoms with Crippen molar-refractivity contribution in [1.29, 1.82) is 5.26 Å². The minimum atomic E-state index is -0.342. The Kier molecular flexibility index (Phi) is 7.09. The van der Waals surface area contributed by atoms with Crippen LogP contribution < -0.4 is 5.32 Å². The van der Waals surface area contributed by atoms with Gasteiger partial charge in [-0.2, -0.15) is 5.26 Å². The van der Waals surface area contributed by atoms with Gasteiger partial charge in [-0.05, 0) is 127 Å². The summed E-state index contributed by atoms with van der Waals surface area (Å²) in [5.41, 5.74) is 3.45. The quantitative estimate of drug-likeness (QED) is 0.360. The first kappa shape index (κ1) is 29.9. The van der Waals surface area contributed by atoms with Crippen LogP contribution in [0.25, 0.3) is 0 Å². The Morgan fingerprint density at radius 1 is 0.952 bits per heavy atom. The van der Waals surface area contributed by atoms with Gasteiger partial charge in [-0.3, -0.25) is 4.79 Å². The summed E-state index contributed by atoms with van der Waals surface area (Å²) in [5.74, 6) is 2.77. The number of carbonyl (C=O) groups is 1.